The zero-order valence-electron chi connectivity index (χ0n) is 18.6. The first kappa shape index (κ1) is 24.4. The quantitative estimate of drug-likeness (QED) is 0.436. The minimum absolute atomic E-state index is 0.168. The fourth-order valence-corrected chi connectivity index (χ4v) is 6.41. The lowest BCUT2D eigenvalue weighted by atomic mass is 9.59. The predicted octanol–water partition coefficient (Wildman–Crippen LogP) is 2.83. The maximum atomic E-state index is 12.8. The van der Waals surface area contributed by atoms with Gasteiger partial charge in [0.15, 0.2) is 20.7 Å². The summed E-state index contributed by atoms with van der Waals surface area (Å²) < 4.78 is 29.0. The molecule has 1 saturated carbocycles. The van der Waals surface area contributed by atoms with Crippen LogP contribution in [0.2, 0.25) is 18.1 Å². The maximum Gasteiger partial charge on any atom is 0.304 e. The molecule has 5 rings (SSSR count). The molecule has 0 spiro atoms. The Kier molecular flexibility index (Phi) is 5.46. The molecule has 12 heteroatoms. The van der Waals surface area contributed by atoms with Crippen molar-refractivity contribution in [3.63, 3.8) is 0 Å². The Balaban J connectivity index is 1.84. The molecule has 8 atom stereocenters. The Morgan fingerprint density at radius 1 is 1.23 bits per heavy atom. The van der Waals surface area contributed by atoms with E-state index >= 15 is 0 Å². The van der Waals surface area contributed by atoms with Crippen molar-refractivity contribution in [3.05, 3.63) is 0 Å². The van der Waals surface area contributed by atoms with Crippen molar-refractivity contribution in [2.75, 3.05) is 7.11 Å². The Labute approximate surface area is 198 Å². The molecule has 0 aromatic heterocycles. The van der Waals surface area contributed by atoms with E-state index in [2.05, 4.69) is 39.2 Å². The highest BCUT2D eigenvalue weighted by Gasteiger charge is 2.83. The van der Waals surface area contributed by atoms with E-state index < -0.39 is 65.7 Å². The standard InChI is InChI=1S/C19H30Cl3NO7Si/c1-15(2,3)31(6,7)30-19-13-17(23-14(24)18(20,21)22)8-9(28-19)16(4,25)11(29-19)10(17)12(26-5)27-13/h9-13,25H,8H2,1-7H3,(H,23,24)/t9-,10?,11+,12-,13-,16+,17+,19-/m0/s1. The highest BCUT2D eigenvalue weighted by molar-refractivity contribution is 6.76. The summed E-state index contributed by atoms with van der Waals surface area (Å²) in [6.45, 7) is 12.0. The smallest absolute Gasteiger partial charge is 0.304 e. The van der Waals surface area contributed by atoms with Crippen LogP contribution in [0.15, 0.2) is 0 Å². The van der Waals surface area contributed by atoms with Gasteiger partial charge < -0.3 is 33.8 Å². The molecule has 0 aromatic carbocycles. The van der Waals surface area contributed by atoms with Crippen molar-refractivity contribution in [2.45, 2.75) is 97.8 Å². The van der Waals surface area contributed by atoms with Crippen molar-refractivity contribution < 1.29 is 33.3 Å². The Morgan fingerprint density at radius 2 is 1.84 bits per heavy atom. The summed E-state index contributed by atoms with van der Waals surface area (Å²) in [5.74, 6) is -2.99. The van der Waals surface area contributed by atoms with Gasteiger partial charge in [-0.15, -0.1) is 0 Å². The van der Waals surface area contributed by atoms with E-state index in [1.54, 1.807) is 6.92 Å². The fourth-order valence-electron chi connectivity index (χ4n) is 5.05. The zero-order valence-corrected chi connectivity index (χ0v) is 21.9. The van der Waals surface area contributed by atoms with Gasteiger partial charge in [-0.05, 0) is 25.1 Å². The second-order valence-corrected chi connectivity index (χ2v) is 17.7. The summed E-state index contributed by atoms with van der Waals surface area (Å²) in [5, 5.41) is 14.0. The summed E-state index contributed by atoms with van der Waals surface area (Å²) in [7, 11) is -0.968. The van der Waals surface area contributed by atoms with Gasteiger partial charge in [-0.1, -0.05) is 55.6 Å². The van der Waals surface area contributed by atoms with E-state index in [1.807, 2.05) is 0 Å². The Bertz CT molecular complexity index is 785. The van der Waals surface area contributed by atoms with Crippen molar-refractivity contribution >= 4 is 49.0 Å². The number of methoxy groups -OCH3 is 1. The van der Waals surface area contributed by atoms with Crippen molar-refractivity contribution in [2.24, 2.45) is 5.92 Å². The van der Waals surface area contributed by atoms with Crippen LogP contribution in [0, 0.1) is 5.92 Å². The second-order valence-electron chi connectivity index (χ2n) is 10.7. The maximum absolute atomic E-state index is 12.8. The molecule has 1 unspecified atom stereocenters. The highest BCUT2D eigenvalue weighted by Crippen LogP contribution is 2.64. The average Bonchev–Trinajstić information content (AvgIpc) is 2.82. The van der Waals surface area contributed by atoms with Crippen LogP contribution in [-0.4, -0.2) is 71.9 Å². The molecule has 4 aliphatic heterocycles. The Hall–Kier alpha value is 0.317. The van der Waals surface area contributed by atoms with E-state index in [0.29, 0.717) is 0 Å². The van der Waals surface area contributed by atoms with Gasteiger partial charge in [0.2, 0.25) is 0 Å². The van der Waals surface area contributed by atoms with Crippen LogP contribution in [0.5, 0.6) is 0 Å². The lowest BCUT2D eigenvalue weighted by Crippen LogP contribution is -2.87. The minimum Gasteiger partial charge on any atom is -0.385 e. The summed E-state index contributed by atoms with van der Waals surface area (Å²) in [6, 6.07) is 0. The molecule has 4 saturated heterocycles. The monoisotopic (exact) mass is 517 g/mol. The highest BCUT2D eigenvalue weighted by atomic mass is 35.6. The molecule has 0 aromatic rings. The third kappa shape index (κ3) is 3.34. The van der Waals surface area contributed by atoms with E-state index in [1.165, 1.54) is 7.11 Å². The molecular weight excluding hydrogens is 489 g/mol. The van der Waals surface area contributed by atoms with Gasteiger partial charge in [0.25, 0.3) is 9.70 Å². The second kappa shape index (κ2) is 6.93. The molecule has 0 radical (unpaired) electrons. The van der Waals surface area contributed by atoms with Crippen LogP contribution in [-0.2, 0) is 28.2 Å². The number of carbonyl (C=O) groups is 1. The third-order valence-corrected chi connectivity index (χ3v) is 12.6. The Morgan fingerprint density at radius 3 is 2.35 bits per heavy atom. The van der Waals surface area contributed by atoms with E-state index in [9.17, 15) is 9.90 Å². The van der Waals surface area contributed by atoms with Crippen molar-refractivity contribution in [1.29, 1.82) is 0 Å². The molecule has 6 bridgehead atoms. The summed E-state index contributed by atoms with van der Waals surface area (Å²) >= 11 is 17.6. The molecule has 2 N–H and O–H groups in total. The number of aliphatic hydroxyl groups is 1. The average molecular weight is 519 g/mol. The number of rotatable bonds is 4. The summed E-state index contributed by atoms with van der Waals surface area (Å²) in [6.07, 6.45) is -2.94. The molecule has 1 amide bonds. The zero-order chi connectivity index (χ0) is 23.4. The van der Waals surface area contributed by atoms with Crippen LogP contribution in [0.1, 0.15) is 34.1 Å². The molecular formula is C19H30Cl3NO7Si. The fraction of sp³-hybridized carbons (Fsp3) is 0.947. The lowest BCUT2D eigenvalue weighted by molar-refractivity contribution is -0.506. The van der Waals surface area contributed by atoms with Gasteiger partial charge >= 0.3 is 5.97 Å². The topological polar surface area (TPSA) is 95.5 Å². The SMILES string of the molecule is CO[C@H]1O[C@@H]2[C@]3(O[Si](C)(C)C(C)(C)C)O[C@H]4C[C@@]2(NC(=O)C(Cl)(Cl)Cl)C1[C@@H](O3)[C@]4(C)O. The van der Waals surface area contributed by atoms with Crippen LogP contribution in [0.4, 0.5) is 0 Å². The number of carbonyl (C=O) groups excluding carboxylic acids is 1. The van der Waals surface area contributed by atoms with Gasteiger partial charge in [0, 0.05) is 13.5 Å². The first-order valence-electron chi connectivity index (χ1n) is 10.3. The predicted molar refractivity (Wildman–Crippen MR) is 116 cm³/mol. The largest absolute Gasteiger partial charge is 0.385 e. The normalized spacial score (nSPS) is 46.5. The molecule has 8 nitrogen and oxygen atoms in total. The molecule has 178 valence electrons. The van der Waals surface area contributed by atoms with Crippen molar-refractivity contribution in [1.82, 2.24) is 5.32 Å². The van der Waals surface area contributed by atoms with Crippen LogP contribution < -0.4 is 5.32 Å². The number of alkyl halides is 3. The third-order valence-electron chi connectivity index (χ3n) is 7.66. The minimum atomic E-state index is -2.46. The van der Waals surface area contributed by atoms with Gasteiger partial charge in [0.1, 0.15) is 11.7 Å². The first-order chi connectivity index (χ1) is 13.9. The van der Waals surface area contributed by atoms with Crippen LogP contribution in [0.25, 0.3) is 0 Å². The van der Waals surface area contributed by atoms with Crippen molar-refractivity contribution in [3.8, 4) is 0 Å². The number of ether oxygens (including phenoxy) is 4. The van der Waals surface area contributed by atoms with E-state index in [0.717, 1.165) is 0 Å². The van der Waals surface area contributed by atoms with Gasteiger partial charge in [-0.3, -0.25) is 4.79 Å². The molecule has 31 heavy (non-hydrogen) atoms. The molecule has 4 heterocycles. The lowest BCUT2D eigenvalue weighted by Gasteiger charge is -2.68. The number of hydrogen-bond donors (Lipinski definition) is 2. The van der Waals surface area contributed by atoms with E-state index in [4.69, 9.17) is 58.2 Å². The summed E-state index contributed by atoms with van der Waals surface area (Å²) in [5.41, 5.74) is -2.44. The number of nitrogens with one attached hydrogen (secondary N) is 1. The van der Waals surface area contributed by atoms with Crippen LogP contribution in [0.3, 0.4) is 0 Å². The van der Waals surface area contributed by atoms with E-state index in [-0.39, 0.29) is 11.5 Å². The molecule has 5 aliphatic rings. The van der Waals surface area contributed by atoms with Gasteiger partial charge in [-0.2, -0.15) is 0 Å². The van der Waals surface area contributed by atoms with Gasteiger partial charge in [-0.25, -0.2) is 0 Å². The number of hydrogen-bond acceptors (Lipinski definition) is 7. The number of halogens is 3. The summed E-state index contributed by atoms with van der Waals surface area (Å²) in [4.78, 5) is 12.8. The van der Waals surface area contributed by atoms with Crippen LogP contribution >= 0.6 is 34.8 Å². The molecule has 5 fully saturated rings. The molecule has 1 aliphatic carbocycles. The van der Waals surface area contributed by atoms with Gasteiger partial charge in [0.05, 0.1) is 17.6 Å². The first-order valence-corrected chi connectivity index (χ1v) is 14.3. The number of amides is 1.